The van der Waals surface area contributed by atoms with E-state index in [2.05, 4.69) is 5.32 Å². The van der Waals surface area contributed by atoms with Crippen molar-refractivity contribution in [2.45, 2.75) is 76.3 Å². The summed E-state index contributed by atoms with van der Waals surface area (Å²) in [5.74, 6) is 0.681. The average molecular weight is 467 g/mol. The Morgan fingerprint density at radius 2 is 1.68 bits per heavy atom. The Labute approximate surface area is 199 Å². The van der Waals surface area contributed by atoms with Gasteiger partial charge in [0.15, 0.2) is 0 Å². The number of carbonyl (C=O) groups is 3. The Kier molecular flexibility index (Phi) is 5.24. The second kappa shape index (κ2) is 8.08. The van der Waals surface area contributed by atoms with Gasteiger partial charge in [-0.05, 0) is 110 Å². The minimum absolute atomic E-state index is 0.0206. The molecule has 34 heavy (non-hydrogen) atoms. The number of hydrogen-bond acceptors (Lipinski definition) is 4. The van der Waals surface area contributed by atoms with Crippen molar-refractivity contribution in [3.8, 4) is 0 Å². The van der Waals surface area contributed by atoms with Crippen molar-refractivity contribution in [1.82, 2.24) is 10.2 Å². The van der Waals surface area contributed by atoms with Crippen molar-refractivity contribution in [2.24, 2.45) is 23.2 Å². The van der Waals surface area contributed by atoms with Crippen LogP contribution in [0.3, 0.4) is 0 Å². The molecule has 0 aromatic heterocycles. The zero-order valence-corrected chi connectivity index (χ0v) is 19.6. The Morgan fingerprint density at radius 1 is 1.00 bits per heavy atom. The van der Waals surface area contributed by atoms with Crippen molar-refractivity contribution in [3.05, 3.63) is 34.4 Å². The third-order valence-corrected chi connectivity index (χ3v) is 9.47. The van der Waals surface area contributed by atoms with Crippen LogP contribution in [0.2, 0.25) is 0 Å². The van der Waals surface area contributed by atoms with Crippen molar-refractivity contribution in [1.29, 1.82) is 0 Å². The lowest BCUT2D eigenvalue weighted by molar-refractivity contribution is -0.139. The van der Waals surface area contributed by atoms with Crippen LogP contribution in [0.4, 0.5) is 0 Å². The van der Waals surface area contributed by atoms with Gasteiger partial charge in [-0.25, -0.2) is 4.79 Å². The van der Waals surface area contributed by atoms with E-state index in [4.69, 9.17) is 0 Å². The lowest BCUT2D eigenvalue weighted by Crippen LogP contribution is -2.48. The topological polar surface area (TPSA) is 107 Å². The van der Waals surface area contributed by atoms with Crippen LogP contribution in [0, 0.1) is 23.2 Å². The molecule has 4 saturated carbocycles. The highest BCUT2D eigenvalue weighted by atomic mass is 16.4. The van der Waals surface area contributed by atoms with Gasteiger partial charge in [0, 0.05) is 19.0 Å². The van der Waals surface area contributed by atoms with Crippen LogP contribution in [0.1, 0.15) is 96.9 Å². The van der Waals surface area contributed by atoms with Crippen LogP contribution in [0.5, 0.6) is 0 Å². The summed E-state index contributed by atoms with van der Waals surface area (Å²) in [6.45, 7) is 0.586. The SMILES string of the molecule is O=C(O)CN1CCc2cc(C(=O)O)cc3c2[C@@H]1CC[C@H]3NC(=O)CC12CC3CC(CC(C3)C1)C2. The van der Waals surface area contributed by atoms with Gasteiger partial charge in [0.1, 0.15) is 0 Å². The number of benzene rings is 1. The fraction of sp³-hybridized carbons (Fsp3) is 0.667. The third-order valence-electron chi connectivity index (χ3n) is 9.47. The van der Waals surface area contributed by atoms with Crippen molar-refractivity contribution in [3.63, 3.8) is 0 Å². The van der Waals surface area contributed by atoms with Crippen LogP contribution in [0.25, 0.3) is 0 Å². The van der Waals surface area contributed by atoms with Gasteiger partial charge in [-0.2, -0.15) is 0 Å². The minimum atomic E-state index is -0.965. The second-order valence-electron chi connectivity index (χ2n) is 11.9. The minimum Gasteiger partial charge on any atom is -0.480 e. The van der Waals surface area contributed by atoms with Crippen LogP contribution in [0.15, 0.2) is 12.1 Å². The van der Waals surface area contributed by atoms with Crippen molar-refractivity contribution in [2.75, 3.05) is 13.1 Å². The first kappa shape index (κ1) is 22.1. The summed E-state index contributed by atoms with van der Waals surface area (Å²) in [5, 5.41) is 22.4. The highest BCUT2D eigenvalue weighted by Crippen LogP contribution is 2.61. The number of amides is 1. The summed E-state index contributed by atoms with van der Waals surface area (Å²) in [6.07, 6.45) is 10.3. The number of hydrogen-bond donors (Lipinski definition) is 3. The van der Waals surface area contributed by atoms with Gasteiger partial charge >= 0.3 is 11.9 Å². The monoisotopic (exact) mass is 466 g/mol. The van der Waals surface area contributed by atoms with Crippen LogP contribution in [-0.2, 0) is 16.0 Å². The van der Waals surface area contributed by atoms with E-state index in [1.807, 2.05) is 4.90 Å². The molecular formula is C27H34N2O5. The zero-order valence-electron chi connectivity index (χ0n) is 19.6. The maximum atomic E-state index is 13.4. The third kappa shape index (κ3) is 3.82. The first-order valence-electron chi connectivity index (χ1n) is 12.9. The predicted octanol–water partition coefficient (Wildman–Crippen LogP) is 3.93. The molecule has 4 bridgehead atoms. The van der Waals surface area contributed by atoms with Crippen LogP contribution >= 0.6 is 0 Å². The Hall–Kier alpha value is -2.41. The van der Waals surface area contributed by atoms with E-state index in [9.17, 15) is 24.6 Å². The quantitative estimate of drug-likeness (QED) is 0.587. The summed E-state index contributed by atoms with van der Waals surface area (Å²) in [5.41, 5.74) is 3.32. The Morgan fingerprint density at radius 3 is 2.29 bits per heavy atom. The summed E-state index contributed by atoms with van der Waals surface area (Å²) < 4.78 is 0. The molecule has 1 amide bonds. The van der Waals surface area contributed by atoms with Gasteiger partial charge in [-0.1, -0.05) is 0 Å². The molecule has 3 N–H and O–H groups in total. The molecule has 0 spiro atoms. The van der Waals surface area contributed by atoms with Gasteiger partial charge in [-0.3, -0.25) is 14.5 Å². The number of aromatic carboxylic acids is 1. The molecule has 1 aromatic carbocycles. The number of rotatable bonds is 6. The maximum Gasteiger partial charge on any atom is 0.335 e. The van der Waals surface area contributed by atoms with Gasteiger partial charge in [0.2, 0.25) is 5.91 Å². The average Bonchev–Trinajstić information content (AvgIpc) is 2.75. The number of carboxylic acids is 2. The maximum absolute atomic E-state index is 13.4. The van der Waals surface area contributed by atoms with Crippen molar-refractivity contribution >= 4 is 17.8 Å². The molecule has 182 valence electrons. The second-order valence-corrected chi connectivity index (χ2v) is 11.9. The number of aliphatic carboxylic acids is 1. The summed E-state index contributed by atoms with van der Waals surface area (Å²) in [4.78, 5) is 38.6. The highest BCUT2D eigenvalue weighted by Gasteiger charge is 2.51. The van der Waals surface area contributed by atoms with Gasteiger partial charge < -0.3 is 15.5 Å². The van der Waals surface area contributed by atoms with E-state index in [0.29, 0.717) is 25.8 Å². The fourth-order valence-corrected chi connectivity index (χ4v) is 8.78. The molecular weight excluding hydrogens is 432 g/mol. The zero-order chi connectivity index (χ0) is 23.6. The number of nitrogens with zero attached hydrogens (tertiary/aromatic N) is 1. The standard InChI is InChI=1S/C27H34N2O5/c30-23(13-27-10-15-5-16(11-27)7-17(6-15)12-27)28-21-1-2-22-25-18(3-4-29(22)14-24(31)32)8-19(26(33)34)9-20(21)25/h8-9,15-17,21-22H,1-7,10-14H2,(H,28,30)(H,31,32)(H,33,34)/t15?,16?,17?,21-,22+,27?/m1/s1. The lowest BCUT2D eigenvalue weighted by Gasteiger charge is -2.56. The molecule has 7 rings (SSSR count). The van der Waals surface area contributed by atoms with Gasteiger partial charge in [0.05, 0.1) is 18.2 Å². The Bertz CT molecular complexity index is 1010. The molecule has 1 aliphatic heterocycles. The normalized spacial score (nSPS) is 35.6. The van der Waals surface area contributed by atoms with E-state index >= 15 is 0 Å². The van der Waals surface area contributed by atoms with Crippen LogP contribution in [-0.4, -0.2) is 46.0 Å². The van der Waals surface area contributed by atoms with E-state index in [0.717, 1.165) is 40.9 Å². The number of nitrogens with one attached hydrogen (secondary N) is 1. The van der Waals surface area contributed by atoms with E-state index in [1.54, 1.807) is 12.1 Å². The van der Waals surface area contributed by atoms with Crippen molar-refractivity contribution < 1.29 is 24.6 Å². The Balaban J connectivity index is 1.25. The first-order chi connectivity index (χ1) is 16.3. The van der Waals surface area contributed by atoms with E-state index in [-0.39, 0.29) is 35.5 Å². The van der Waals surface area contributed by atoms with Gasteiger partial charge in [-0.15, -0.1) is 0 Å². The largest absolute Gasteiger partial charge is 0.480 e. The smallest absolute Gasteiger partial charge is 0.335 e. The van der Waals surface area contributed by atoms with Gasteiger partial charge in [0.25, 0.3) is 0 Å². The molecule has 0 saturated heterocycles. The molecule has 0 unspecified atom stereocenters. The number of carboxylic acid groups (broad SMARTS) is 2. The summed E-state index contributed by atoms with van der Waals surface area (Å²) in [6, 6.07) is 3.21. The lowest BCUT2D eigenvalue weighted by atomic mass is 9.49. The summed E-state index contributed by atoms with van der Waals surface area (Å²) >= 11 is 0. The first-order valence-corrected chi connectivity index (χ1v) is 12.9. The molecule has 1 aromatic rings. The molecule has 1 heterocycles. The highest BCUT2D eigenvalue weighted by molar-refractivity contribution is 5.88. The van der Waals surface area contributed by atoms with E-state index < -0.39 is 11.9 Å². The molecule has 2 atom stereocenters. The predicted molar refractivity (Wildman–Crippen MR) is 124 cm³/mol. The molecule has 4 fully saturated rings. The van der Waals surface area contributed by atoms with Crippen LogP contribution < -0.4 is 5.32 Å². The molecule has 5 aliphatic carbocycles. The fourth-order valence-electron chi connectivity index (χ4n) is 8.78. The molecule has 7 heteroatoms. The summed E-state index contributed by atoms with van der Waals surface area (Å²) in [7, 11) is 0. The molecule has 6 aliphatic rings. The molecule has 7 nitrogen and oxygen atoms in total. The molecule has 0 radical (unpaired) electrons. The van der Waals surface area contributed by atoms with E-state index in [1.165, 1.54) is 38.5 Å². The number of carbonyl (C=O) groups excluding carboxylic acids is 1.